The van der Waals surface area contributed by atoms with Gasteiger partial charge >= 0.3 is 0 Å². The Hall–Kier alpha value is -3.27. The van der Waals surface area contributed by atoms with Crippen LogP contribution in [0.3, 0.4) is 0 Å². The van der Waals surface area contributed by atoms with E-state index in [0.29, 0.717) is 18.8 Å². The lowest BCUT2D eigenvalue weighted by Gasteiger charge is -2.24. The van der Waals surface area contributed by atoms with E-state index in [0.717, 1.165) is 13.1 Å². The van der Waals surface area contributed by atoms with Gasteiger partial charge in [0.2, 0.25) is 5.91 Å². The minimum atomic E-state index is -0.555. The van der Waals surface area contributed by atoms with Gasteiger partial charge in [0.1, 0.15) is 12.3 Å². The van der Waals surface area contributed by atoms with Crippen LogP contribution in [0, 0.1) is 17.0 Å². The lowest BCUT2D eigenvalue weighted by molar-refractivity contribution is -0.895. The fraction of sp³-hybridized carbons (Fsp3) is 0.421. The minimum Gasteiger partial charge on any atom is -0.360 e. The van der Waals surface area contributed by atoms with E-state index in [-0.39, 0.29) is 23.6 Å². The molecule has 10 nitrogen and oxygen atoms in total. The lowest BCUT2D eigenvalue weighted by atomic mass is 10.1. The number of anilines is 1. The molecule has 0 aliphatic rings. The monoisotopic (exact) mass is 404 g/mol. The summed E-state index contributed by atoms with van der Waals surface area (Å²) in [5.41, 5.74) is -0.00785. The maximum Gasteiger partial charge on any atom is 0.270 e. The molecule has 0 radical (unpaired) electrons. The van der Waals surface area contributed by atoms with E-state index in [1.807, 2.05) is 13.8 Å². The highest BCUT2D eigenvalue weighted by atomic mass is 16.6. The molecule has 156 valence electrons. The highest BCUT2D eigenvalue weighted by Crippen LogP contribution is 2.15. The van der Waals surface area contributed by atoms with E-state index in [1.165, 1.54) is 34.1 Å². The summed E-state index contributed by atoms with van der Waals surface area (Å²) in [5.74, 6) is -0.0436. The van der Waals surface area contributed by atoms with Crippen LogP contribution in [-0.2, 0) is 4.79 Å². The van der Waals surface area contributed by atoms with Crippen molar-refractivity contribution in [3.05, 3.63) is 51.8 Å². The van der Waals surface area contributed by atoms with E-state index < -0.39 is 16.7 Å². The first-order chi connectivity index (χ1) is 13.8. The van der Waals surface area contributed by atoms with E-state index in [1.54, 1.807) is 13.0 Å². The van der Waals surface area contributed by atoms with Gasteiger partial charge in [-0.3, -0.25) is 19.7 Å². The van der Waals surface area contributed by atoms with Crippen molar-refractivity contribution in [3.8, 4) is 0 Å². The van der Waals surface area contributed by atoms with Crippen molar-refractivity contribution in [1.82, 2.24) is 10.1 Å². The Bertz CT molecular complexity index is 862. The summed E-state index contributed by atoms with van der Waals surface area (Å²) >= 11 is 0. The first kappa shape index (κ1) is 22.0. The number of nitrogens with zero attached hydrogens (tertiary/aromatic N) is 3. The van der Waals surface area contributed by atoms with Gasteiger partial charge in [-0.25, -0.2) is 0 Å². The summed E-state index contributed by atoms with van der Waals surface area (Å²) in [6.07, 6.45) is 0. The average molecular weight is 404 g/mol. The zero-order valence-corrected chi connectivity index (χ0v) is 16.8. The second-order valence-electron chi connectivity index (χ2n) is 6.61. The Labute approximate surface area is 168 Å². The molecule has 1 heterocycles. The topological polar surface area (TPSA) is 123 Å². The second kappa shape index (κ2) is 10.3. The Kier molecular flexibility index (Phi) is 7.84. The lowest BCUT2D eigenvalue weighted by Crippen LogP contribution is -3.12. The van der Waals surface area contributed by atoms with Crippen molar-refractivity contribution in [3.63, 3.8) is 0 Å². The van der Waals surface area contributed by atoms with Crippen LogP contribution in [0.4, 0.5) is 11.5 Å². The van der Waals surface area contributed by atoms with Crippen molar-refractivity contribution >= 4 is 23.3 Å². The summed E-state index contributed by atoms with van der Waals surface area (Å²) in [5, 5.41) is 17.3. The molecular formula is C19H26N5O5+. The Balaban J connectivity index is 2.16. The van der Waals surface area contributed by atoms with Crippen molar-refractivity contribution < 1.29 is 23.9 Å². The molecule has 0 saturated heterocycles. The molecule has 2 aromatic rings. The number of likely N-dealkylation sites (N-methyl/N-ethyl adjacent to an activating group) is 1. The summed E-state index contributed by atoms with van der Waals surface area (Å²) in [6.45, 7) is 8.37. The third kappa shape index (κ3) is 6.39. The van der Waals surface area contributed by atoms with Crippen molar-refractivity contribution in [1.29, 1.82) is 0 Å². The molecule has 1 aromatic carbocycles. The van der Waals surface area contributed by atoms with Crippen LogP contribution < -0.4 is 10.2 Å². The van der Waals surface area contributed by atoms with Crippen LogP contribution in [0.1, 0.15) is 30.0 Å². The van der Waals surface area contributed by atoms with Gasteiger partial charge in [0.15, 0.2) is 5.82 Å². The van der Waals surface area contributed by atoms with E-state index in [2.05, 4.69) is 10.5 Å². The summed E-state index contributed by atoms with van der Waals surface area (Å²) in [4.78, 5) is 38.5. The number of carbonyl (C=O) groups excluding carboxylic acids is 2. The normalized spacial score (nSPS) is 10.8. The average Bonchev–Trinajstić information content (AvgIpc) is 3.11. The second-order valence-corrected chi connectivity index (χ2v) is 6.61. The van der Waals surface area contributed by atoms with E-state index >= 15 is 0 Å². The molecule has 2 amide bonds. The highest BCUT2D eigenvalue weighted by Gasteiger charge is 2.22. The summed E-state index contributed by atoms with van der Waals surface area (Å²) < 4.78 is 4.92. The predicted octanol–water partition coefficient (Wildman–Crippen LogP) is 0.897. The fourth-order valence-electron chi connectivity index (χ4n) is 2.87. The first-order valence-electron chi connectivity index (χ1n) is 9.44. The molecule has 1 aromatic heterocycles. The van der Waals surface area contributed by atoms with Crippen molar-refractivity contribution in [2.75, 3.05) is 38.0 Å². The third-order valence-electron chi connectivity index (χ3n) is 4.56. The zero-order valence-electron chi connectivity index (χ0n) is 16.8. The number of nitrogens with one attached hydrogen (secondary N) is 2. The molecule has 0 saturated carbocycles. The van der Waals surface area contributed by atoms with Crippen LogP contribution >= 0.6 is 0 Å². The number of amides is 2. The number of benzene rings is 1. The number of hydrogen-bond acceptors (Lipinski definition) is 6. The molecule has 0 fully saturated rings. The maximum atomic E-state index is 13.0. The minimum absolute atomic E-state index is 0.166. The van der Waals surface area contributed by atoms with E-state index in [9.17, 15) is 19.7 Å². The molecule has 0 aliphatic heterocycles. The Morgan fingerprint density at radius 2 is 2.00 bits per heavy atom. The van der Waals surface area contributed by atoms with Crippen LogP contribution in [0.15, 0.2) is 34.9 Å². The van der Waals surface area contributed by atoms with Gasteiger partial charge in [0.05, 0.1) is 31.1 Å². The number of aryl methyl sites for hydroxylation is 1. The largest absolute Gasteiger partial charge is 0.360 e. The Morgan fingerprint density at radius 1 is 1.28 bits per heavy atom. The molecule has 2 rings (SSSR count). The molecule has 0 unspecified atom stereocenters. The summed E-state index contributed by atoms with van der Waals surface area (Å²) in [6, 6.07) is 7.08. The number of aromatic nitrogens is 1. The van der Waals surface area contributed by atoms with E-state index in [4.69, 9.17) is 4.52 Å². The predicted molar refractivity (Wildman–Crippen MR) is 106 cm³/mol. The number of hydrogen-bond donors (Lipinski definition) is 2. The van der Waals surface area contributed by atoms with Crippen LogP contribution in [0.2, 0.25) is 0 Å². The SMILES string of the molecule is CC[NH+](CC)CCN(CC(=O)Nc1cc(C)on1)C(=O)c1cccc([N+](=O)[O-])c1. The molecule has 0 spiro atoms. The first-order valence-corrected chi connectivity index (χ1v) is 9.44. The molecule has 0 aliphatic carbocycles. The fourth-order valence-corrected chi connectivity index (χ4v) is 2.87. The molecule has 10 heteroatoms. The molecule has 29 heavy (non-hydrogen) atoms. The molecule has 0 atom stereocenters. The van der Waals surface area contributed by atoms with Crippen LogP contribution in [0.5, 0.6) is 0 Å². The van der Waals surface area contributed by atoms with Gasteiger partial charge in [0, 0.05) is 23.8 Å². The maximum absolute atomic E-state index is 13.0. The van der Waals surface area contributed by atoms with Gasteiger partial charge in [-0.1, -0.05) is 11.2 Å². The zero-order chi connectivity index (χ0) is 21.4. The number of nitro groups is 1. The van der Waals surface area contributed by atoms with Gasteiger partial charge in [-0.05, 0) is 26.8 Å². The number of nitro benzene ring substituents is 1. The van der Waals surface area contributed by atoms with Gasteiger partial charge < -0.3 is 19.6 Å². The number of quaternary nitrogens is 1. The van der Waals surface area contributed by atoms with Gasteiger partial charge in [-0.2, -0.15) is 0 Å². The number of non-ortho nitro benzene ring substituents is 1. The van der Waals surface area contributed by atoms with Crippen LogP contribution in [0.25, 0.3) is 0 Å². The van der Waals surface area contributed by atoms with Crippen molar-refractivity contribution in [2.24, 2.45) is 0 Å². The standard InChI is InChI=1S/C19H25N5O5/c1-4-22(5-2)9-10-23(13-18(25)20-17-11-14(3)29-21-17)19(26)15-7-6-8-16(12-15)24(27)28/h6-8,11-12H,4-5,9-10,13H2,1-3H3,(H,20,21,25)/p+1. The molecule has 0 bridgehead atoms. The third-order valence-corrected chi connectivity index (χ3v) is 4.56. The quantitative estimate of drug-likeness (QED) is 0.448. The number of rotatable bonds is 10. The summed E-state index contributed by atoms with van der Waals surface area (Å²) in [7, 11) is 0. The molecule has 2 N–H and O–H groups in total. The van der Waals surface area contributed by atoms with Crippen molar-refractivity contribution in [2.45, 2.75) is 20.8 Å². The highest BCUT2D eigenvalue weighted by molar-refractivity contribution is 5.99. The van der Waals surface area contributed by atoms with Crippen LogP contribution in [-0.4, -0.2) is 59.5 Å². The smallest absolute Gasteiger partial charge is 0.270 e. The van der Waals surface area contributed by atoms with Gasteiger partial charge in [-0.15, -0.1) is 0 Å². The Morgan fingerprint density at radius 3 is 2.59 bits per heavy atom. The number of carbonyl (C=O) groups is 2. The molecular weight excluding hydrogens is 378 g/mol. The van der Waals surface area contributed by atoms with Gasteiger partial charge in [0.25, 0.3) is 11.6 Å².